The number of carbonyl (C=O) groups excluding carboxylic acids is 2. The van der Waals surface area contributed by atoms with Crippen molar-refractivity contribution in [3.8, 4) is 5.88 Å². The van der Waals surface area contributed by atoms with Crippen molar-refractivity contribution >= 4 is 46.6 Å². The summed E-state index contributed by atoms with van der Waals surface area (Å²) in [7, 11) is 1.41. The number of anilines is 1. The molecule has 2 amide bonds. The Balaban J connectivity index is 1.50. The molecular weight excluding hydrogens is 584 g/mol. The van der Waals surface area contributed by atoms with Crippen LogP contribution in [0.4, 0.5) is 10.6 Å². The molecule has 228 valence electrons. The maximum Gasteiger partial charge on any atom is 0.508 e. The highest BCUT2D eigenvalue weighted by molar-refractivity contribution is 8.00. The van der Waals surface area contributed by atoms with Crippen molar-refractivity contribution in [3.63, 3.8) is 0 Å². The molecule has 16 heteroatoms. The van der Waals surface area contributed by atoms with Crippen LogP contribution in [-0.2, 0) is 26.6 Å². The summed E-state index contributed by atoms with van der Waals surface area (Å²) in [6, 6.07) is 7.57. The van der Waals surface area contributed by atoms with Crippen molar-refractivity contribution < 1.29 is 43.9 Å². The molecule has 0 aliphatic carbocycles. The first kappa shape index (κ1) is 30.4. The van der Waals surface area contributed by atoms with Gasteiger partial charge in [-0.3, -0.25) is 9.59 Å². The van der Waals surface area contributed by atoms with Crippen LogP contribution in [0.15, 0.2) is 35.2 Å². The van der Waals surface area contributed by atoms with Crippen LogP contribution < -0.4 is 21.1 Å². The van der Waals surface area contributed by atoms with Gasteiger partial charge in [0.1, 0.15) is 17.0 Å². The standard InChI is InChI=1S/C27H30N6O9S/c1-40-22-5-3-17-23(33-22)15(9-18(31-17)24(28)37)27(42-26(38)39)7-6-16(19(41-27)8-14(35)11-34)29-10-13-2-4-20-25(30-13)32-21(36)12-43-20/h2-5,9,14,16,19,29,34-35H,6-8,10-12H2,1H3,(H2,28,37)(H,38,39)(H,30,32,36)/t14-,16+,19+,27-/m0/s1. The summed E-state index contributed by atoms with van der Waals surface area (Å²) in [5.74, 6) is -2.00. The number of nitrogens with one attached hydrogen (secondary N) is 2. The number of fused-ring (bicyclic) bond motifs is 2. The largest absolute Gasteiger partial charge is 0.508 e. The Hall–Kier alpha value is -4.09. The first-order valence-corrected chi connectivity index (χ1v) is 14.3. The average Bonchev–Trinajstić information content (AvgIpc) is 2.99. The summed E-state index contributed by atoms with van der Waals surface area (Å²) >= 11 is 1.39. The first-order valence-electron chi connectivity index (χ1n) is 13.3. The van der Waals surface area contributed by atoms with Crippen LogP contribution in [0.1, 0.15) is 41.0 Å². The molecule has 0 unspecified atom stereocenters. The molecule has 0 spiro atoms. The fourth-order valence-electron chi connectivity index (χ4n) is 5.13. The van der Waals surface area contributed by atoms with Crippen LogP contribution >= 0.6 is 11.8 Å². The predicted octanol–water partition coefficient (Wildman–Crippen LogP) is 1.10. The summed E-state index contributed by atoms with van der Waals surface area (Å²) in [6.45, 7) is -0.311. The lowest BCUT2D eigenvalue weighted by Crippen LogP contribution is -2.54. The third kappa shape index (κ3) is 6.62. The zero-order valence-corrected chi connectivity index (χ0v) is 23.8. The van der Waals surface area contributed by atoms with Crippen LogP contribution in [0, 0.1) is 0 Å². The van der Waals surface area contributed by atoms with E-state index in [2.05, 4.69) is 25.6 Å². The number of nitrogens with zero attached hydrogens (tertiary/aromatic N) is 3. The number of hydrogen-bond donors (Lipinski definition) is 6. The van der Waals surface area contributed by atoms with Gasteiger partial charge in [-0.1, -0.05) is 0 Å². The Kier molecular flexibility index (Phi) is 8.93. The van der Waals surface area contributed by atoms with Crippen LogP contribution in [0.2, 0.25) is 0 Å². The van der Waals surface area contributed by atoms with Gasteiger partial charge in [0, 0.05) is 31.5 Å². The molecule has 3 aromatic rings. The number of aromatic nitrogens is 3. The quantitative estimate of drug-likeness (QED) is 0.176. The van der Waals surface area contributed by atoms with E-state index < -0.39 is 42.7 Å². The van der Waals surface area contributed by atoms with Crippen molar-refractivity contribution in [2.75, 3.05) is 24.8 Å². The zero-order valence-electron chi connectivity index (χ0n) is 23.0. The van der Waals surface area contributed by atoms with Gasteiger partial charge in [-0.05, 0) is 30.7 Å². The number of primary amides is 1. The monoisotopic (exact) mass is 614 g/mol. The number of amides is 2. The van der Waals surface area contributed by atoms with Crippen LogP contribution in [0.5, 0.6) is 5.88 Å². The molecule has 2 aliphatic rings. The minimum Gasteiger partial charge on any atom is -0.481 e. The maximum atomic E-state index is 12.2. The van der Waals surface area contributed by atoms with Gasteiger partial charge in [-0.25, -0.2) is 19.7 Å². The summed E-state index contributed by atoms with van der Waals surface area (Å²) in [5, 5.41) is 35.9. The topological polar surface area (TPSA) is 228 Å². The van der Waals surface area contributed by atoms with Gasteiger partial charge in [0.2, 0.25) is 17.6 Å². The van der Waals surface area contributed by atoms with Gasteiger partial charge >= 0.3 is 6.16 Å². The second kappa shape index (κ2) is 12.6. The fraction of sp³-hybridized carbons (Fsp3) is 0.407. The van der Waals surface area contributed by atoms with Crippen molar-refractivity contribution in [1.29, 1.82) is 0 Å². The normalized spacial score (nSPS) is 22.3. The van der Waals surface area contributed by atoms with Crippen LogP contribution in [0.25, 0.3) is 11.0 Å². The SMILES string of the molecule is COc1ccc2nc(C(N)=O)cc([C@@]3(OC(=O)O)CC[C@@H](NCc4ccc5c(n4)NC(=O)CS5)[C@@H](C[C@H](O)CO)O3)c2n1. The first-order chi connectivity index (χ1) is 20.6. The third-order valence-corrected chi connectivity index (χ3v) is 8.16. The number of hydrogen-bond acceptors (Lipinski definition) is 13. The molecule has 3 aromatic heterocycles. The second-order valence-corrected chi connectivity index (χ2v) is 11.0. The van der Waals surface area contributed by atoms with E-state index in [-0.39, 0.29) is 59.9 Å². The van der Waals surface area contributed by atoms with Crippen molar-refractivity contribution in [2.24, 2.45) is 5.73 Å². The number of rotatable bonds is 10. The molecule has 5 heterocycles. The Morgan fingerprint density at radius 2 is 2.09 bits per heavy atom. The number of nitrogens with two attached hydrogens (primary N) is 1. The second-order valence-electron chi connectivity index (χ2n) is 10.0. The number of ether oxygens (including phenoxy) is 3. The highest BCUT2D eigenvalue weighted by Crippen LogP contribution is 2.43. The minimum absolute atomic E-state index is 0.0246. The molecule has 0 aromatic carbocycles. The molecule has 7 N–H and O–H groups in total. The summed E-state index contributed by atoms with van der Waals surface area (Å²) in [6.07, 6.45) is -3.59. The molecule has 1 fully saturated rings. The number of pyridine rings is 3. The predicted molar refractivity (Wildman–Crippen MR) is 151 cm³/mol. The number of aliphatic hydroxyl groups is 2. The molecule has 5 rings (SSSR count). The van der Waals surface area contributed by atoms with E-state index in [0.717, 1.165) is 4.90 Å². The van der Waals surface area contributed by atoms with Gasteiger partial charge in [-0.15, -0.1) is 11.8 Å². The van der Waals surface area contributed by atoms with Gasteiger partial charge < -0.3 is 45.9 Å². The van der Waals surface area contributed by atoms with E-state index in [1.54, 1.807) is 0 Å². The Bertz CT molecular complexity index is 1560. The summed E-state index contributed by atoms with van der Waals surface area (Å²) in [5.41, 5.74) is 6.47. The highest BCUT2D eigenvalue weighted by atomic mass is 32.2. The highest BCUT2D eigenvalue weighted by Gasteiger charge is 2.48. The Morgan fingerprint density at radius 1 is 1.28 bits per heavy atom. The van der Waals surface area contributed by atoms with Crippen LogP contribution in [0.3, 0.4) is 0 Å². The maximum absolute atomic E-state index is 12.2. The van der Waals surface area contributed by atoms with Crippen molar-refractivity contribution in [1.82, 2.24) is 20.3 Å². The van der Waals surface area contributed by atoms with E-state index in [1.165, 1.54) is 37.1 Å². The molecule has 0 bridgehead atoms. The Labute approximate surface area is 249 Å². The summed E-state index contributed by atoms with van der Waals surface area (Å²) in [4.78, 5) is 50.1. The molecule has 43 heavy (non-hydrogen) atoms. The molecule has 0 radical (unpaired) electrons. The van der Waals surface area contributed by atoms with Gasteiger partial charge in [0.25, 0.3) is 5.91 Å². The van der Waals surface area contributed by atoms with E-state index in [4.69, 9.17) is 19.9 Å². The van der Waals surface area contributed by atoms with Gasteiger partial charge in [0.15, 0.2) is 0 Å². The van der Waals surface area contributed by atoms with E-state index in [9.17, 15) is 29.7 Å². The van der Waals surface area contributed by atoms with Gasteiger partial charge in [0.05, 0.1) is 53.3 Å². The Morgan fingerprint density at radius 3 is 2.81 bits per heavy atom. The zero-order chi connectivity index (χ0) is 30.7. The van der Waals surface area contributed by atoms with E-state index in [1.807, 2.05) is 12.1 Å². The molecule has 1 saturated heterocycles. The minimum atomic E-state index is -1.99. The lowest BCUT2D eigenvalue weighted by atomic mass is 9.88. The number of aliphatic hydroxyl groups excluding tert-OH is 2. The number of carboxylic acid groups (broad SMARTS) is 1. The van der Waals surface area contributed by atoms with E-state index >= 15 is 0 Å². The molecule has 15 nitrogen and oxygen atoms in total. The van der Waals surface area contributed by atoms with Gasteiger partial charge in [-0.2, -0.15) is 0 Å². The van der Waals surface area contributed by atoms with E-state index in [0.29, 0.717) is 17.3 Å². The molecule has 2 aliphatic heterocycles. The molecule has 4 atom stereocenters. The number of carbonyl (C=O) groups is 3. The van der Waals surface area contributed by atoms with Crippen molar-refractivity contribution in [2.45, 2.75) is 54.7 Å². The molecule has 0 saturated carbocycles. The lowest BCUT2D eigenvalue weighted by molar-refractivity contribution is -0.276. The lowest BCUT2D eigenvalue weighted by Gasteiger charge is -2.44. The average molecular weight is 615 g/mol. The smallest absolute Gasteiger partial charge is 0.481 e. The van der Waals surface area contributed by atoms with Crippen LogP contribution in [-0.4, -0.2) is 86.0 Å². The van der Waals surface area contributed by atoms with Crippen molar-refractivity contribution in [3.05, 3.63) is 47.3 Å². The number of thioether (sulfide) groups is 1. The summed E-state index contributed by atoms with van der Waals surface area (Å²) < 4.78 is 17.1. The third-order valence-electron chi connectivity index (χ3n) is 7.12. The number of methoxy groups -OCH3 is 1. The molecular formula is C27H30N6O9S. The fourth-order valence-corrected chi connectivity index (χ4v) is 5.89.